The number of carbonyl (C=O) groups excluding carboxylic acids is 1. The molecule has 0 aromatic heterocycles. The molecule has 2 aliphatic rings. The quantitative estimate of drug-likeness (QED) is 0.864. The van der Waals surface area contributed by atoms with Crippen molar-refractivity contribution in [3.8, 4) is 0 Å². The van der Waals surface area contributed by atoms with Gasteiger partial charge in [0.05, 0.1) is 6.61 Å². The van der Waals surface area contributed by atoms with Crippen molar-refractivity contribution in [2.75, 3.05) is 19.7 Å². The molecule has 0 radical (unpaired) electrons. The number of rotatable bonds is 3. The van der Waals surface area contributed by atoms with Crippen LogP contribution in [0.15, 0.2) is 0 Å². The summed E-state index contributed by atoms with van der Waals surface area (Å²) >= 11 is 0. The summed E-state index contributed by atoms with van der Waals surface area (Å²) in [5.41, 5.74) is 0.299. The molecule has 2 fully saturated rings. The van der Waals surface area contributed by atoms with Crippen LogP contribution in [-0.2, 0) is 4.79 Å². The highest BCUT2D eigenvalue weighted by atomic mass is 16.3. The smallest absolute Gasteiger partial charge is 0.137 e. The minimum atomic E-state index is 0.187. The van der Waals surface area contributed by atoms with Gasteiger partial charge in [-0.2, -0.15) is 0 Å². The molecule has 116 valence electrons. The first kappa shape index (κ1) is 16.0. The molecule has 1 N–H and O–H groups in total. The number of hydrogen-bond acceptors (Lipinski definition) is 3. The molecular weight excluding hydrogens is 250 g/mol. The topological polar surface area (TPSA) is 40.5 Å². The van der Waals surface area contributed by atoms with Crippen molar-refractivity contribution in [2.45, 2.75) is 59.4 Å². The van der Waals surface area contributed by atoms with Crippen molar-refractivity contribution in [1.29, 1.82) is 0 Å². The van der Waals surface area contributed by atoms with Crippen molar-refractivity contribution in [1.82, 2.24) is 4.90 Å². The summed E-state index contributed by atoms with van der Waals surface area (Å²) in [7, 11) is 0. The second-order valence-corrected chi connectivity index (χ2v) is 8.01. The molecule has 1 saturated carbocycles. The number of likely N-dealkylation sites (tertiary alicyclic amines) is 1. The highest BCUT2D eigenvalue weighted by molar-refractivity contribution is 5.82. The molecule has 1 aliphatic heterocycles. The van der Waals surface area contributed by atoms with E-state index in [1.165, 1.54) is 0 Å². The van der Waals surface area contributed by atoms with Gasteiger partial charge in [-0.3, -0.25) is 9.69 Å². The van der Waals surface area contributed by atoms with Crippen molar-refractivity contribution in [3.05, 3.63) is 0 Å². The van der Waals surface area contributed by atoms with Crippen LogP contribution in [0.4, 0.5) is 0 Å². The molecule has 4 atom stereocenters. The van der Waals surface area contributed by atoms with Crippen molar-refractivity contribution >= 4 is 5.78 Å². The van der Waals surface area contributed by atoms with E-state index < -0.39 is 0 Å². The fourth-order valence-electron chi connectivity index (χ4n) is 3.97. The standard InChI is InChI=1S/C17H31NO2/c1-12-7-8-18(15(12)11-19)10-13-9-14(17(2,3)4)5-6-16(13)20/h12-15,19H,5-11H2,1-4H3. The van der Waals surface area contributed by atoms with Gasteiger partial charge < -0.3 is 5.11 Å². The van der Waals surface area contributed by atoms with E-state index in [-0.39, 0.29) is 18.6 Å². The molecular formula is C17H31NO2. The van der Waals surface area contributed by atoms with E-state index in [0.717, 1.165) is 38.8 Å². The van der Waals surface area contributed by atoms with E-state index in [0.29, 0.717) is 23.0 Å². The Morgan fingerprint density at radius 2 is 2.00 bits per heavy atom. The third kappa shape index (κ3) is 3.43. The Balaban J connectivity index is 1.98. The highest BCUT2D eigenvalue weighted by Crippen LogP contribution is 2.39. The van der Waals surface area contributed by atoms with Crippen molar-refractivity contribution < 1.29 is 9.90 Å². The Morgan fingerprint density at radius 3 is 2.60 bits per heavy atom. The fourth-order valence-corrected chi connectivity index (χ4v) is 3.97. The maximum Gasteiger partial charge on any atom is 0.137 e. The predicted octanol–water partition coefficient (Wildman–Crippen LogP) is 2.72. The number of aliphatic hydroxyl groups excluding tert-OH is 1. The van der Waals surface area contributed by atoms with Gasteiger partial charge >= 0.3 is 0 Å². The zero-order chi connectivity index (χ0) is 14.9. The fraction of sp³-hybridized carbons (Fsp3) is 0.941. The van der Waals surface area contributed by atoms with Crippen molar-refractivity contribution in [3.63, 3.8) is 0 Å². The second-order valence-electron chi connectivity index (χ2n) is 8.01. The lowest BCUT2D eigenvalue weighted by Crippen LogP contribution is -2.43. The third-order valence-electron chi connectivity index (χ3n) is 5.63. The van der Waals surface area contributed by atoms with Crippen LogP contribution in [0.1, 0.15) is 53.4 Å². The number of nitrogens with zero attached hydrogens (tertiary/aromatic N) is 1. The average molecular weight is 281 g/mol. The molecule has 0 spiro atoms. The first-order chi connectivity index (χ1) is 9.32. The SMILES string of the molecule is CC1CCN(CC2CC(C(C)(C)C)CCC2=O)C1CO. The number of aliphatic hydroxyl groups is 1. The van der Waals surface area contributed by atoms with Crippen LogP contribution >= 0.6 is 0 Å². The Bertz CT molecular complexity index is 347. The zero-order valence-corrected chi connectivity index (χ0v) is 13.6. The van der Waals surface area contributed by atoms with Gasteiger partial charge in [0.1, 0.15) is 5.78 Å². The van der Waals surface area contributed by atoms with Crippen LogP contribution in [0.5, 0.6) is 0 Å². The number of hydrogen-bond donors (Lipinski definition) is 1. The molecule has 2 rings (SSSR count). The lowest BCUT2D eigenvalue weighted by molar-refractivity contribution is -0.127. The Kier molecular flexibility index (Phi) is 4.91. The Hall–Kier alpha value is -0.410. The van der Waals surface area contributed by atoms with Gasteiger partial charge in [-0.05, 0) is 43.1 Å². The molecule has 0 aromatic carbocycles. The normalized spacial score (nSPS) is 36.5. The predicted molar refractivity (Wildman–Crippen MR) is 81.5 cm³/mol. The molecule has 4 unspecified atom stereocenters. The molecule has 3 heteroatoms. The lowest BCUT2D eigenvalue weighted by Gasteiger charge is -2.39. The van der Waals surface area contributed by atoms with Gasteiger partial charge in [0.15, 0.2) is 0 Å². The second kappa shape index (κ2) is 6.15. The number of ketones is 1. The maximum atomic E-state index is 12.2. The summed E-state index contributed by atoms with van der Waals surface area (Å²) in [4.78, 5) is 14.6. The highest BCUT2D eigenvalue weighted by Gasteiger charge is 2.38. The molecule has 1 saturated heterocycles. The van der Waals surface area contributed by atoms with Gasteiger partial charge in [-0.15, -0.1) is 0 Å². The molecule has 1 heterocycles. The van der Waals surface area contributed by atoms with Crippen LogP contribution < -0.4 is 0 Å². The summed E-state index contributed by atoms with van der Waals surface area (Å²) in [6.45, 7) is 11.2. The van der Waals surface area contributed by atoms with Crippen LogP contribution in [0.3, 0.4) is 0 Å². The summed E-state index contributed by atoms with van der Waals surface area (Å²) < 4.78 is 0. The monoisotopic (exact) mass is 281 g/mol. The van der Waals surface area contributed by atoms with E-state index in [1.807, 2.05) is 0 Å². The molecule has 20 heavy (non-hydrogen) atoms. The van der Waals surface area contributed by atoms with Crippen LogP contribution in [0.25, 0.3) is 0 Å². The van der Waals surface area contributed by atoms with Crippen LogP contribution in [0.2, 0.25) is 0 Å². The first-order valence-corrected chi connectivity index (χ1v) is 8.20. The van der Waals surface area contributed by atoms with Gasteiger partial charge in [0.25, 0.3) is 0 Å². The van der Waals surface area contributed by atoms with Gasteiger partial charge in [-0.25, -0.2) is 0 Å². The van der Waals surface area contributed by atoms with Gasteiger partial charge in [-0.1, -0.05) is 27.7 Å². The first-order valence-electron chi connectivity index (χ1n) is 8.20. The summed E-state index contributed by atoms with van der Waals surface area (Å²) in [5, 5.41) is 9.56. The van der Waals surface area contributed by atoms with E-state index >= 15 is 0 Å². The largest absolute Gasteiger partial charge is 0.395 e. The van der Waals surface area contributed by atoms with E-state index in [9.17, 15) is 9.90 Å². The number of carbonyl (C=O) groups is 1. The Labute approximate surface area is 123 Å². The third-order valence-corrected chi connectivity index (χ3v) is 5.63. The van der Waals surface area contributed by atoms with Crippen molar-refractivity contribution in [2.24, 2.45) is 23.2 Å². The minimum absolute atomic E-state index is 0.187. The summed E-state index contributed by atoms with van der Waals surface area (Å²) in [6, 6.07) is 0.262. The zero-order valence-electron chi connectivity index (χ0n) is 13.6. The van der Waals surface area contributed by atoms with Gasteiger partial charge in [0, 0.05) is 24.9 Å². The Morgan fingerprint density at radius 1 is 1.30 bits per heavy atom. The molecule has 1 aliphatic carbocycles. The van der Waals surface area contributed by atoms with E-state index in [4.69, 9.17) is 0 Å². The summed E-state index contributed by atoms with van der Waals surface area (Å²) in [6.07, 6.45) is 3.98. The van der Waals surface area contributed by atoms with Crippen LogP contribution in [-0.4, -0.2) is 41.5 Å². The number of Topliss-reactive ketones (excluding diaryl/α,β-unsaturated/α-hetero) is 1. The van der Waals surface area contributed by atoms with E-state index in [2.05, 4.69) is 32.6 Å². The minimum Gasteiger partial charge on any atom is -0.395 e. The average Bonchev–Trinajstić information content (AvgIpc) is 2.71. The van der Waals surface area contributed by atoms with Crippen LogP contribution in [0, 0.1) is 23.2 Å². The van der Waals surface area contributed by atoms with E-state index in [1.54, 1.807) is 0 Å². The molecule has 3 nitrogen and oxygen atoms in total. The molecule has 0 amide bonds. The lowest BCUT2D eigenvalue weighted by atomic mass is 9.68. The van der Waals surface area contributed by atoms with Gasteiger partial charge in [0.2, 0.25) is 0 Å². The molecule has 0 aromatic rings. The molecule has 0 bridgehead atoms. The maximum absolute atomic E-state index is 12.2. The summed E-state index contributed by atoms with van der Waals surface area (Å²) in [5.74, 6) is 1.84.